The molecule has 16 nitrogen and oxygen atoms in total. The van der Waals surface area contributed by atoms with Crippen molar-refractivity contribution in [3.8, 4) is 17.3 Å². The van der Waals surface area contributed by atoms with Crippen LogP contribution in [0.5, 0.6) is 11.6 Å². The summed E-state index contributed by atoms with van der Waals surface area (Å²) < 4.78 is 40.8. The molecule has 1 unspecified atom stereocenters. The number of amides is 3. The van der Waals surface area contributed by atoms with Gasteiger partial charge in [-0.1, -0.05) is 41.0 Å². The average molecular weight is 750 g/mol. The van der Waals surface area contributed by atoms with Gasteiger partial charge in [-0.05, 0) is 66.9 Å². The summed E-state index contributed by atoms with van der Waals surface area (Å²) in [6.45, 7) is 5.35. The van der Waals surface area contributed by atoms with Crippen LogP contribution in [0.1, 0.15) is 32.6 Å². The fourth-order valence-corrected chi connectivity index (χ4v) is 8.03. The molecule has 2 aromatic heterocycles. The largest absolute Gasteiger partial charge is 0.494 e. The molecule has 3 aliphatic rings. The first-order valence-electron chi connectivity index (χ1n) is 16.6. The molecule has 2 saturated carbocycles. The molecule has 3 amide bonds. The number of carbonyl (C=O) groups excluding carboxylic acids is 3. The summed E-state index contributed by atoms with van der Waals surface area (Å²) in [5.74, 6) is -1.55. The van der Waals surface area contributed by atoms with Crippen molar-refractivity contribution in [1.29, 1.82) is 0 Å². The van der Waals surface area contributed by atoms with Gasteiger partial charge in [0, 0.05) is 28.1 Å². The van der Waals surface area contributed by atoms with Gasteiger partial charge in [0.2, 0.25) is 33.7 Å². The van der Waals surface area contributed by atoms with Crippen LogP contribution in [0.3, 0.4) is 0 Å². The SMILES string of the molecule is C=C[C@@H]1C[C@]1(NC(=O)[C@@H]1C[C@@H](Oc2ncc(OC)c3ccc(Cl)cc23)CN1C(=O)C(C)Nc1nnnn1-c1ccccc1)C(=O)NS(=O)(=O)C1CC1. The predicted octanol–water partition coefficient (Wildman–Crippen LogP) is 2.39. The second kappa shape index (κ2) is 13.7. The summed E-state index contributed by atoms with van der Waals surface area (Å²) in [5, 5.41) is 18.7. The Bertz CT molecular complexity index is 2160. The van der Waals surface area contributed by atoms with E-state index in [9.17, 15) is 22.8 Å². The van der Waals surface area contributed by atoms with Crippen LogP contribution in [0.15, 0.2) is 67.4 Å². The number of halogens is 1. The van der Waals surface area contributed by atoms with Crippen LogP contribution in [0.2, 0.25) is 5.02 Å². The molecule has 7 rings (SSSR count). The van der Waals surface area contributed by atoms with Crippen molar-refractivity contribution in [3.63, 3.8) is 0 Å². The van der Waals surface area contributed by atoms with E-state index in [4.69, 9.17) is 21.1 Å². The Kier molecular flexibility index (Phi) is 9.25. The predicted molar refractivity (Wildman–Crippen MR) is 189 cm³/mol. The number of hydrogen-bond donors (Lipinski definition) is 3. The van der Waals surface area contributed by atoms with Crippen LogP contribution in [-0.4, -0.2) is 98.9 Å². The van der Waals surface area contributed by atoms with Crippen molar-refractivity contribution in [1.82, 2.24) is 40.1 Å². The number of hydrogen-bond acceptors (Lipinski definition) is 12. The fourth-order valence-electron chi connectivity index (χ4n) is 6.50. The number of sulfonamides is 1. The molecular formula is C34H36ClN9O7S. The van der Waals surface area contributed by atoms with Gasteiger partial charge in [-0.25, -0.2) is 13.4 Å². The second-order valence-corrected chi connectivity index (χ2v) is 15.5. The number of pyridine rings is 1. The molecule has 1 saturated heterocycles. The van der Waals surface area contributed by atoms with E-state index in [2.05, 4.69) is 42.4 Å². The van der Waals surface area contributed by atoms with Gasteiger partial charge in [-0.2, -0.15) is 4.68 Å². The number of rotatable bonds is 13. The van der Waals surface area contributed by atoms with Crippen molar-refractivity contribution >= 4 is 56.1 Å². The highest BCUT2D eigenvalue weighted by Crippen LogP contribution is 2.45. The van der Waals surface area contributed by atoms with E-state index in [0.29, 0.717) is 40.1 Å². The second-order valence-electron chi connectivity index (χ2n) is 13.1. The minimum atomic E-state index is -3.89. The Morgan fingerprint density at radius 3 is 2.60 bits per heavy atom. The lowest BCUT2D eigenvalue weighted by molar-refractivity contribution is -0.140. The van der Waals surface area contributed by atoms with E-state index < -0.39 is 62.6 Å². The van der Waals surface area contributed by atoms with Crippen molar-refractivity contribution < 1.29 is 32.3 Å². The first-order valence-corrected chi connectivity index (χ1v) is 18.6. The fraction of sp³-hybridized carbons (Fsp3) is 0.382. The lowest BCUT2D eigenvalue weighted by Gasteiger charge is -2.28. The number of para-hydroxylation sites is 1. The molecule has 0 radical (unpaired) electrons. The first-order chi connectivity index (χ1) is 24.9. The Balaban J connectivity index is 1.16. The molecular weight excluding hydrogens is 714 g/mol. The van der Waals surface area contributed by atoms with Crippen LogP contribution < -0.4 is 24.8 Å². The summed E-state index contributed by atoms with van der Waals surface area (Å²) in [7, 11) is -2.37. The molecule has 18 heteroatoms. The maximum absolute atomic E-state index is 14.2. The minimum Gasteiger partial charge on any atom is -0.494 e. The number of anilines is 1. The van der Waals surface area contributed by atoms with Crippen molar-refractivity contribution in [3.05, 3.63) is 72.4 Å². The van der Waals surface area contributed by atoms with E-state index in [1.807, 2.05) is 18.2 Å². The zero-order valence-corrected chi connectivity index (χ0v) is 29.8. The Morgan fingerprint density at radius 2 is 1.90 bits per heavy atom. The molecule has 2 aliphatic carbocycles. The van der Waals surface area contributed by atoms with Gasteiger partial charge < -0.3 is 25.0 Å². The lowest BCUT2D eigenvalue weighted by atomic mass is 10.1. The molecule has 1 aliphatic heterocycles. The average Bonchev–Trinajstić information content (AvgIpc) is 4.03. The highest BCUT2D eigenvalue weighted by Gasteiger charge is 2.62. The zero-order chi connectivity index (χ0) is 36.8. The highest BCUT2D eigenvalue weighted by atomic mass is 35.5. The first kappa shape index (κ1) is 35.1. The van der Waals surface area contributed by atoms with Gasteiger partial charge in [0.1, 0.15) is 29.5 Å². The van der Waals surface area contributed by atoms with Crippen molar-refractivity contribution in [2.75, 3.05) is 19.0 Å². The smallest absolute Gasteiger partial charge is 0.259 e. The monoisotopic (exact) mass is 749 g/mol. The van der Waals surface area contributed by atoms with Gasteiger partial charge in [-0.3, -0.25) is 19.1 Å². The molecule has 5 atom stereocenters. The molecule has 52 heavy (non-hydrogen) atoms. The summed E-state index contributed by atoms with van der Waals surface area (Å²) in [6.07, 6.45) is 3.39. The Hall–Kier alpha value is -5.29. The van der Waals surface area contributed by atoms with Gasteiger partial charge >= 0.3 is 0 Å². The lowest BCUT2D eigenvalue weighted by Crippen LogP contribution is -2.57. The number of aromatic nitrogens is 5. The zero-order valence-electron chi connectivity index (χ0n) is 28.2. The van der Waals surface area contributed by atoms with E-state index >= 15 is 0 Å². The van der Waals surface area contributed by atoms with E-state index in [1.54, 1.807) is 37.3 Å². The van der Waals surface area contributed by atoms with Gasteiger partial charge in [0.05, 0.1) is 30.8 Å². The third-order valence-electron chi connectivity index (χ3n) is 9.56. The number of nitrogens with one attached hydrogen (secondary N) is 3. The molecule has 0 spiro atoms. The summed E-state index contributed by atoms with van der Waals surface area (Å²) in [4.78, 5) is 47.6. The maximum atomic E-state index is 14.2. The Labute approximate surface area is 303 Å². The number of benzene rings is 2. The number of carbonyl (C=O) groups is 3. The molecule has 0 bridgehead atoms. The van der Waals surface area contributed by atoms with Gasteiger partial charge in [0.15, 0.2) is 0 Å². The minimum absolute atomic E-state index is 0.0253. The molecule has 272 valence electrons. The number of nitrogens with zero attached hydrogens (tertiary/aromatic N) is 6. The van der Waals surface area contributed by atoms with Crippen molar-refractivity contribution in [2.24, 2.45) is 5.92 Å². The van der Waals surface area contributed by atoms with E-state index in [0.717, 1.165) is 0 Å². The molecule has 3 heterocycles. The number of tetrazole rings is 1. The van der Waals surface area contributed by atoms with Crippen LogP contribution in [0.4, 0.5) is 5.95 Å². The molecule has 4 aromatic rings. The number of ether oxygens (including phenoxy) is 2. The van der Waals surface area contributed by atoms with Crippen LogP contribution in [-0.2, 0) is 24.4 Å². The van der Waals surface area contributed by atoms with Gasteiger partial charge in [-0.15, -0.1) is 6.58 Å². The topological polar surface area (TPSA) is 200 Å². The van der Waals surface area contributed by atoms with Crippen molar-refractivity contribution in [2.45, 2.75) is 61.6 Å². The number of methoxy groups -OCH3 is 1. The quantitative estimate of drug-likeness (QED) is 0.169. The van der Waals surface area contributed by atoms with E-state index in [-0.39, 0.29) is 31.2 Å². The third kappa shape index (κ3) is 6.72. The third-order valence-corrected chi connectivity index (χ3v) is 11.6. The highest BCUT2D eigenvalue weighted by molar-refractivity contribution is 7.91. The van der Waals surface area contributed by atoms with Crippen LogP contribution in [0, 0.1) is 5.92 Å². The summed E-state index contributed by atoms with van der Waals surface area (Å²) >= 11 is 6.32. The molecule has 2 aromatic carbocycles. The number of likely N-dealkylation sites (tertiary alicyclic amines) is 1. The van der Waals surface area contributed by atoms with Crippen LogP contribution >= 0.6 is 11.6 Å². The number of fused-ring (bicyclic) bond motifs is 1. The molecule has 3 N–H and O–H groups in total. The van der Waals surface area contributed by atoms with Gasteiger partial charge in [0.25, 0.3) is 5.91 Å². The Morgan fingerprint density at radius 1 is 1.13 bits per heavy atom. The van der Waals surface area contributed by atoms with E-state index in [1.165, 1.54) is 29.0 Å². The summed E-state index contributed by atoms with van der Waals surface area (Å²) in [6, 6.07) is 12.2. The maximum Gasteiger partial charge on any atom is 0.259 e. The molecule has 3 fully saturated rings. The summed E-state index contributed by atoms with van der Waals surface area (Å²) in [5.41, 5.74) is -0.880. The van der Waals surface area contributed by atoms with Crippen LogP contribution in [0.25, 0.3) is 16.5 Å². The standard InChI is InChI=1S/C34H36ClN9O7S/c1-4-20-16-34(20,32(47)40-52(48,49)24-11-12-24)38-29(45)27-15-23(51-30-26-14-21(35)10-13-25(26)28(50-3)17-36-30)18-43(27)31(46)19(2)37-33-39-41-42-44(33)22-8-6-5-7-9-22/h4-10,13-14,17,19-20,23-24,27H,1,11-12,15-16,18H2,2-3H3,(H,38,45)(H,40,47)(H,37,39,42)/t19?,20-,23-,27+,34-/m1/s1. The normalized spacial score (nSPS) is 23.1.